The molecule has 1 fully saturated rings. The fourth-order valence-electron chi connectivity index (χ4n) is 4.35. The van der Waals surface area contributed by atoms with Crippen molar-refractivity contribution in [3.05, 3.63) is 59.7 Å². The molecule has 7 heteroatoms. The minimum Gasteiger partial charge on any atom is -0.488 e. The van der Waals surface area contributed by atoms with Crippen molar-refractivity contribution in [1.29, 1.82) is 0 Å². The molecule has 2 aromatic rings. The average molecular weight is 472 g/mol. The predicted octanol–water partition coefficient (Wildman–Crippen LogP) is 4.23. The summed E-state index contributed by atoms with van der Waals surface area (Å²) in [5, 5.41) is 23.2. The molecule has 1 saturated carbocycles. The molecule has 0 radical (unpaired) electrons. The molecule has 0 spiro atoms. The molecule has 2 aromatic carbocycles. The van der Waals surface area contributed by atoms with Crippen LogP contribution in [0.5, 0.6) is 5.75 Å². The molecule has 0 aromatic heterocycles. The highest BCUT2D eigenvalue weighted by molar-refractivity contribution is 7.99. The Kier molecular flexibility index (Phi) is 7.34. The summed E-state index contributed by atoms with van der Waals surface area (Å²) in [5.41, 5.74) is 1.77. The van der Waals surface area contributed by atoms with Crippen molar-refractivity contribution in [2.75, 3.05) is 18.9 Å². The first-order valence-electron chi connectivity index (χ1n) is 11.5. The van der Waals surface area contributed by atoms with Crippen molar-refractivity contribution in [3.8, 4) is 5.75 Å². The first-order chi connectivity index (χ1) is 15.8. The minimum absolute atomic E-state index is 0.0540. The fourth-order valence-corrected chi connectivity index (χ4v) is 5.55. The van der Waals surface area contributed by atoms with Gasteiger partial charge in [-0.15, -0.1) is 11.8 Å². The highest BCUT2D eigenvalue weighted by Crippen LogP contribution is 2.59. The number of aliphatic hydroxyl groups excluding tert-OH is 1. The number of carboxylic acids is 1. The van der Waals surface area contributed by atoms with Crippen LogP contribution in [-0.2, 0) is 9.53 Å². The molecule has 0 amide bonds. The standard InChI is InChI=1S/C26H33NO5S/c1-16(19-10-7-11-20-21-22(25(29)30)24(21)32-23(19)20)31-15-17(28)14-27-26(2,3)12-13-33-18-8-5-4-6-9-18/h4-11,16-17,21-22,24,27-28H,12-15H2,1-3H3,(H,29,30)/t16-,17?,21+,22+,24+/m1/s1. The molecule has 1 unspecified atom stereocenters. The average Bonchev–Trinajstić information content (AvgIpc) is 3.39. The lowest BCUT2D eigenvalue weighted by atomic mass is 10.0. The minimum atomic E-state index is -0.803. The van der Waals surface area contributed by atoms with E-state index in [0.29, 0.717) is 6.54 Å². The number of rotatable bonds is 12. The van der Waals surface area contributed by atoms with Gasteiger partial charge in [0.2, 0.25) is 0 Å². The molecule has 5 atom stereocenters. The second-order valence-corrected chi connectivity index (χ2v) is 10.7. The summed E-state index contributed by atoms with van der Waals surface area (Å²) in [4.78, 5) is 12.6. The van der Waals surface area contributed by atoms with Crippen LogP contribution in [0.3, 0.4) is 0 Å². The first kappa shape index (κ1) is 24.1. The number of carboxylic acid groups (broad SMARTS) is 1. The molecule has 1 aliphatic carbocycles. The topological polar surface area (TPSA) is 88.0 Å². The number of para-hydroxylation sites is 1. The Morgan fingerprint density at radius 1 is 1.21 bits per heavy atom. The second kappa shape index (κ2) is 10.1. The van der Waals surface area contributed by atoms with Crippen LogP contribution in [0.1, 0.15) is 50.3 Å². The second-order valence-electron chi connectivity index (χ2n) is 9.54. The van der Waals surface area contributed by atoms with Crippen molar-refractivity contribution >= 4 is 17.7 Å². The molecular weight excluding hydrogens is 438 g/mol. The largest absolute Gasteiger partial charge is 0.488 e. The molecule has 4 rings (SSSR count). The van der Waals surface area contributed by atoms with Crippen LogP contribution in [0.2, 0.25) is 0 Å². The van der Waals surface area contributed by atoms with E-state index in [1.807, 2.05) is 55.1 Å². The summed E-state index contributed by atoms with van der Waals surface area (Å²) in [6.45, 7) is 6.88. The number of fused-ring (bicyclic) bond motifs is 3. The summed E-state index contributed by atoms with van der Waals surface area (Å²) in [6, 6.07) is 16.2. The van der Waals surface area contributed by atoms with Crippen LogP contribution in [0, 0.1) is 5.92 Å². The Bertz CT molecular complexity index is 966. The van der Waals surface area contributed by atoms with Gasteiger partial charge in [-0.3, -0.25) is 4.79 Å². The molecule has 6 nitrogen and oxygen atoms in total. The maximum absolute atomic E-state index is 11.3. The van der Waals surface area contributed by atoms with Crippen LogP contribution in [0.25, 0.3) is 0 Å². The van der Waals surface area contributed by atoms with E-state index in [4.69, 9.17) is 9.47 Å². The molecule has 0 saturated heterocycles. The van der Waals surface area contributed by atoms with E-state index in [1.54, 1.807) is 0 Å². The Hall–Kier alpha value is -2.06. The van der Waals surface area contributed by atoms with E-state index in [-0.39, 0.29) is 30.3 Å². The molecule has 1 heterocycles. The van der Waals surface area contributed by atoms with Gasteiger partial charge in [0.15, 0.2) is 0 Å². The summed E-state index contributed by atoms with van der Waals surface area (Å²) in [7, 11) is 0. The Balaban J connectivity index is 1.21. The van der Waals surface area contributed by atoms with Crippen LogP contribution >= 0.6 is 11.8 Å². The number of carbonyl (C=O) groups is 1. The number of β-amino-alcohol motifs (C(OH)–C–C–N with tert-alkyl or cyclic N) is 1. The van der Waals surface area contributed by atoms with E-state index in [9.17, 15) is 15.0 Å². The van der Waals surface area contributed by atoms with Crippen molar-refractivity contribution in [1.82, 2.24) is 5.32 Å². The summed E-state index contributed by atoms with van der Waals surface area (Å²) in [5.74, 6) is 0.454. The molecule has 0 bridgehead atoms. The number of hydrogen-bond acceptors (Lipinski definition) is 6. The van der Waals surface area contributed by atoms with Crippen LogP contribution in [0.4, 0.5) is 0 Å². The van der Waals surface area contributed by atoms with Gasteiger partial charge in [-0.2, -0.15) is 0 Å². The third-order valence-corrected chi connectivity index (χ3v) is 7.47. The zero-order valence-electron chi connectivity index (χ0n) is 19.4. The van der Waals surface area contributed by atoms with Crippen molar-refractivity contribution in [2.45, 2.75) is 61.9 Å². The van der Waals surface area contributed by atoms with Gasteiger partial charge in [-0.25, -0.2) is 0 Å². The predicted molar refractivity (Wildman–Crippen MR) is 129 cm³/mol. The van der Waals surface area contributed by atoms with Crippen molar-refractivity contribution in [3.63, 3.8) is 0 Å². The highest BCUT2D eigenvalue weighted by atomic mass is 32.2. The molecule has 178 valence electrons. The number of nitrogens with one attached hydrogen (secondary N) is 1. The lowest BCUT2D eigenvalue weighted by Gasteiger charge is -2.28. The number of ether oxygens (including phenoxy) is 2. The lowest BCUT2D eigenvalue weighted by molar-refractivity contribution is -0.139. The summed E-state index contributed by atoms with van der Waals surface area (Å²) in [6.07, 6.45) is -0.173. The smallest absolute Gasteiger partial charge is 0.311 e. The van der Waals surface area contributed by atoms with Crippen molar-refractivity contribution < 1.29 is 24.5 Å². The quantitative estimate of drug-likeness (QED) is 0.399. The van der Waals surface area contributed by atoms with Gasteiger partial charge in [0, 0.05) is 34.0 Å². The van der Waals surface area contributed by atoms with Gasteiger partial charge >= 0.3 is 5.97 Å². The number of aliphatic hydroxyl groups is 1. The zero-order chi connectivity index (χ0) is 23.6. The maximum atomic E-state index is 11.3. The molecular formula is C26H33NO5S. The maximum Gasteiger partial charge on any atom is 0.311 e. The van der Waals surface area contributed by atoms with E-state index in [1.165, 1.54) is 4.90 Å². The first-order valence-corrected chi connectivity index (χ1v) is 12.5. The molecule has 2 aliphatic rings. The Morgan fingerprint density at radius 2 is 1.97 bits per heavy atom. The van der Waals surface area contributed by atoms with Gasteiger partial charge < -0.3 is 25.0 Å². The van der Waals surface area contributed by atoms with Crippen molar-refractivity contribution in [2.24, 2.45) is 5.92 Å². The molecule has 33 heavy (non-hydrogen) atoms. The van der Waals surface area contributed by atoms with E-state index >= 15 is 0 Å². The number of benzene rings is 2. The Labute approximate surface area is 199 Å². The normalized spacial score (nSPS) is 22.7. The van der Waals surface area contributed by atoms with E-state index in [0.717, 1.165) is 29.1 Å². The van der Waals surface area contributed by atoms with Gasteiger partial charge in [-0.1, -0.05) is 36.4 Å². The SMILES string of the molecule is C[C@@H](OCC(O)CNC(C)(C)CCSc1ccccc1)c1cccc2c1O[C@@H]1[C@@H](C(=O)O)[C@H]21. The van der Waals surface area contributed by atoms with Gasteiger partial charge in [-0.05, 0) is 45.1 Å². The fraction of sp³-hybridized carbons (Fsp3) is 0.500. The van der Waals surface area contributed by atoms with E-state index < -0.39 is 18.0 Å². The third kappa shape index (κ3) is 5.72. The number of thioether (sulfide) groups is 1. The number of hydrogen-bond donors (Lipinski definition) is 3. The Morgan fingerprint density at radius 3 is 2.70 bits per heavy atom. The van der Waals surface area contributed by atoms with Gasteiger partial charge in [0.1, 0.15) is 17.8 Å². The summed E-state index contributed by atoms with van der Waals surface area (Å²) < 4.78 is 11.9. The molecule has 1 aliphatic heterocycles. The lowest BCUT2D eigenvalue weighted by Crippen LogP contribution is -2.44. The molecule has 3 N–H and O–H groups in total. The highest BCUT2D eigenvalue weighted by Gasteiger charge is 2.63. The van der Waals surface area contributed by atoms with E-state index in [2.05, 4.69) is 31.3 Å². The number of aliphatic carboxylic acids is 1. The van der Waals surface area contributed by atoms with Crippen LogP contribution in [-0.4, -0.2) is 52.8 Å². The summed E-state index contributed by atoms with van der Waals surface area (Å²) >= 11 is 1.84. The van der Waals surface area contributed by atoms with Gasteiger partial charge in [0.05, 0.1) is 18.8 Å². The zero-order valence-corrected chi connectivity index (χ0v) is 20.2. The van der Waals surface area contributed by atoms with Crippen LogP contribution in [0.15, 0.2) is 53.4 Å². The third-order valence-electron chi connectivity index (χ3n) is 6.46. The van der Waals surface area contributed by atoms with Gasteiger partial charge in [0.25, 0.3) is 0 Å². The van der Waals surface area contributed by atoms with Crippen LogP contribution < -0.4 is 10.1 Å². The monoisotopic (exact) mass is 471 g/mol.